The number of nitrogens with zero attached hydrogens (tertiary/aromatic N) is 1. The molecule has 0 unspecified atom stereocenters. The number of amides is 1. The number of ether oxygens (including phenoxy) is 1. The van der Waals surface area contributed by atoms with Gasteiger partial charge in [0, 0.05) is 24.7 Å². The quantitative estimate of drug-likeness (QED) is 0.713. The van der Waals surface area contributed by atoms with Crippen LogP contribution < -0.4 is 15.8 Å². The first kappa shape index (κ1) is 16.6. The average molecular weight is 307 g/mol. The molecule has 0 saturated carbocycles. The number of nitrogens with one attached hydrogen (secondary N) is 1. The standard InChI is InChI=1S/C16H25N3O3/c1-10-8-19(11(2)9-20)16(21)13-6-12(17)4-5-14(13)22-15(10)7-18-3/h4-6,10-11,15,18,20H,7-9,17H2,1-3H3/t10-,11+,15+/m1/s1. The van der Waals surface area contributed by atoms with E-state index in [1.54, 1.807) is 23.1 Å². The summed E-state index contributed by atoms with van der Waals surface area (Å²) in [7, 11) is 1.87. The van der Waals surface area contributed by atoms with Crippen molar-refractivity contribution in [2.75, 3.05) is 32.5 Å². The molecule has 22 heavy (non-hydrogen) atoms. The Bertz CT molecular complexity index is 535. The first-order chi connectivity index (χ1) is 10.5. The number of nitrogen functional groups attached to an aromatic ring is 1. The summed E-state index contributed by atoms with van der Waals surface area (Å²) in [5.74, 6) is 0.524. The molecule has 0 spiro atoms. The molecule has 1 amide bonds. The lowest BCUT2D eigenvalue weighted by molar-refractivity contribution is 0.0416. The highest BCUT2D eigenvalue weighted by atomic mass is 16.5. The lowest BCUT2D eigenvalue weighted by atomic mass is 9.99. The van der Waals surface area contributed by atoms with E-state index in [1.165, 1.54) is 0 Å². The predicted molar refractivity (Wildman–Crippen MR) is 85.9 cm³/mol. The molecule has 0 aromatic heterocycles. The van der Waals surface area contributed by atoms with Crippen LogP contribution in [0.15, 0.2) is 18.2 Å². The van der Waals surface area contributed by atoms with Crippen LogP contribution in [-0.2, 0) is 0 Å². The van der Waals surface area contributed by atoms with E-state index in [0.29, 0.717) is 30.1 Å². The van der Waals surface area contributed by atoms with Gasteiger partial charge in [-0.05, 0) is 32.2 Å². The number of carbonyl (C=O) groups excluding carboxylic acids is 1. The minimum atomic E-state index is -0.252. The van der Waals surface area contributed by atoms with Gasteiger partial charge in [-0.25, -0.2) is 0 Å². The Kier molecular flexibility index (Phi) is 5.26. The third-order valence-corrected chi connectivity index (χ3v) is 4.09. The first-order valence-corrected chi connectivity index (χ1v) is 7.60. The Morgan fingerprint density at radius 1 is 1.55 bits per heavy atom. The van der Waals surface area contributed by atoms with E-state index >= 15 is 0 Å². The molecule has 1 aromatic carbocycles. The van der Waals surface area contributed by atoms with Crippen LogP contribution in [0.25, 0.3) is 0 Å². The number of fused-ring (bicyclic) bond motifs is 1. The molecule has 122 valence electrons. The summed E-state index contributed by atoms with van der Waals surface area (Å²) in [5.41, 5.74) is 6.79. The van der Waals surface area contributed by atoms with Crippen LogP contribution >= 0.6 is 0 Å². The number of benzene rings is 1. The van der Waals surface area contributed by atoms with Gasteiger partial charge < -0.3 is 25.8 Å². The van der Waals surface area contributed by atoms with Gasteiger partial charge in [-0.2, -0.15) is 0 Å². The second-order valence-electron chi connectivity index (χ2n) is 5.94. The summed E-state index contributed by atoms with van der Waals surface area (Å²) in [5, 5.41) is 12.6. The van der Waals surface area contributed by atoms with Crippen LogP contribution in [0.4, 0.5) is 5.69 Å². The molecule has 6 heteroatoms. The molecule has 1 aliphatic rings. The topological polar surface area (TPSA) is 87.8 Å². The summed E-state index contributed by atoms with van der Waals surface area (Å²) in [4.78, 5) is 14.5. The fourth-order valence-corrected chi connectivity index (χ4v) is 2.68. The van der Waals surface area contributed by atoms with Gasteiger partial charge in [-0.3, -0.25) is 4.79 Å². The summed E-state index contributed by atoms with van der Waals surface area (Å²) >= 11 is 0. The van der Waals surface area contributed by atoms with Crippen molar-refractivity contribution in [2.24, 2.45) is 5.92 Å². The molecular formula is C16H25N3O3. The van der Waals surface area contributed by atoms with Gasteiger partial charge in [0.2, 0.25) is 0 Å². The van der Waals surface area contributed by atoms with Crippen molar-refractivity contribution in [1.82, 2.24) is 10.2 Å². The van der Waals surface area contributed by atoms with Crippen molar-refractivity contribution in [2.45, 2.75) is 26.0 Å². The minimum Gasteiger partial charge on any atom is -0.488 e. The second-order valence-corrected chi connectivity index (χ2v) is 5.94. The van der Waals surface area contributed by atoms with Crippen LogP contribution in [0.2, 0.25) is 0 Å². The van der Waals surface area contributed by atoms with Gasteiger partial charge in [0.15, 0.2) is 0 Å². The normalized spacial score (nSPS) is 23.3. The lowest BCUT2D eigenvalue weighted by Gasteiger charge is -2.37. The van der Waals surface area contributed by atoms with Crippen molar-refractivity contribution >= 4 is 11.6 Å². The molecule has 0 bridgehead atoms. The molecule has 0 radical (unpaired) electrons. The van der Waals surface area contributed by atoms with Crippen LogP contribution in [0.5, 0.6) is 5.75 Å². The minimum absolute atomic E-state index is 0.0612. The summed E-state index contributed by atoms with van der Waals surface area (Å²) in [6, 6.07) is 4.86. The van der Waals surface area contributed by atoms with Crippen molar-refractivity contribution in [1.29, 1.82) is 0 Å². The fraction of sp³-hybridized carbons (Fsp3) is 0.562. The Balaban J connectivity index is 2.45. The maximum absolute atomic E-state index is 12.8. The van der Waals surface area contributed by atoms with Gasteiger partial charge in [-0.1, -0.05) is 6.92 Å². The molecule has 3 atom stereocenters. The monoisotopic (exact) mass is 307 g/mol. The SMILES string of the molecule is CNC[C@@H]1Oc2ccc(N)cc2C(=O)N([C@@H](C)CO)C[C@H]1C. The Morgan fingerprint density at radius 3 is 2.91 bits per heavy atom. The molecule has 2 rings (SSSR count). The zero-order valence-corrected chi connectivity index (χ0v) is 13.4. The summed E-state index contributed by atoms with van der Waals surface area (Å²) in [6.45, 7) is 5.02. The van der Waals surface area contributed by atoms with Crippen molar-refractivity contribution < 1.29 is 14.6 Å². The number of hydrogen-bond acceptors (Lipinski definition) is 5. The zero-order chi connectivity index (χ0) is 16.3. The number of rotatable bonds is 4. The lowest BCUT2D eigenvalue weighted by Crippen LogP contribution is -2.49. The van der Waals surface area contributed by atoms with Crippen LogP contribution in [0, 0.1) is 5.92 Å². The fourth-order valence-electron chi connectivity index (χ4n) is 2.68. The maximum atomic E-state index is 12.8. The molecule has 0 fully saturated rings. The molecular weight excluding hydrogens is 282 g/mol. The van der Waals surface area contributed by atoms with Gasteiger partial charge in [0.05, 0.1) is 18.2 Å². The number of hydrogen-bond donors (Lipinski definition) is 3. The summed E-state index contributed by atoms with van der Waals surface area (Å²) < 4.78 is 6.05. The Hall–Kier alpha value is -1.79. The van der Waals surface area contributed by atoms with Crippen molar-refractivity contribution in [3.05, 3.63) is 23.8 Å². The van der Waals surface area contributed by atoms with Crippen molar-refractivity contribution in [3.63, 3.8) is 0 Å². The van der Waals surface area contributed by atoms with Crippen LogP contribution in [-0.4, -0.2) is 54.8 Å². The molecule has 1 heterocycles. The first-order valence-electron chi connectivity index (χ1n) is 7.60. The van der Waals surface area contributed by atoms with Gasteiger partial charge in [0.25, 0.3) is 5.91 Å². The average Bonchev–Trinajstić information content (AvgIpc) is 2.51. The van der Waals surface area contributed by atoms with Gasteiger partial charge in [-0.15, -0.1) is 0 Å². The number of aliphatic hydroxyl groups excluding tert-OH is 1. The van der Waals surface area contributed by atoms with Crippen LogP contribution in [0.1, 0.15) is 24.2 Å². The number of anilines is 1. The number of aliphatic hydroxyl groups is 1. The predicted octanol–water partition coefficient (Wildman–Crippen LogP) is 0.708. The molecule has 1 aliphatic heterocycles. The highest BCUT2D eigenvalue weighted by Gasteiger charge is 2.32. The molecule has 0 saturated heterocycles. The van der Waals surface area contributed by atoms with E-state index in [-0.39, 0.29) is 30.6 Å². The highest BCUT2D eigenvalue weighted by molar-refractivity contribution is 5.98. The van der Waals surface area contributed by atoms with E-state index < -0.39 is 0 Å². The van der Waals surface area contributed by atoms with Gasteiger partial charge >= 0.3 is 0 Å². The third kappa shape index (κ3) is 3.34. The zero-order valence-electron chi connectivity index (χ0n) is 13.4. The van der Waals surface area contributed by atoms with Crippen molar-refractivity contribution in [3.8, 4) is 5.75 Å². The summed E-state index contributed by atoms with van der Waals surface area (Å²) in [6.07, 6.45) is -0.0612. The smallest absolute Gasteiger partial charge is 0.258 e. The third-order valence-electron chi connectivity index (χ3n) is 4.09. The van der Waals surface area contributed by atoms with E-state index in [4.69, 9.17) is 10.5 Å². The number of likely N-dealkylation sites (N-methyl/N-ethyl adjacent to an activating group) is 1. The largest absolute Gasteiger partial charge is 0.488 e. The number of carbonyl (C=O) groups is 1. The van der Waals surface area contributed by atoms with Crippen LogP contribution in [0.3, 0.4) is 0 Å². The van der Waals surface area contributed by atoms with Gasteiger partial charge in [0.1, 0.15) is 11.9 Å². The molecule has 1 aromatic rings. The van der Waals surface area contributed by atoms with E-state index in [0.717, 1.165) is 0 Å². The Labute approximate surface area is 131 Å². The van der Waals surface area contributed by atoms with E-state index in [9.17, 15) is 9.90 Å². The number of nitrogens with two attached hydrogens (primary N) is 1. The molecule has 0 aliphatic carbocycles. The molecule has 6 nitrogen and oxygen atoms in total. The molecule has 4 N–H and O–H groups in total. The van der Waals surface area contributed by atoms with E-state index in [1.807, 2.05) is 14.0 Å². The second kappa shape index (κ2) is 6.98. The maximum Gasteiger partial charge on any atom is 0.258 e. The highest BCUT2D eigenvalue weighted by Crippen LogP contribution is 2.29. The Morgan fingerprint density at radius 2 is 2.27 bits per heavy atom. The van der Waals surface area contributed by atoms with E-state index in [2.05, 4.69) is 12.2 Å².